The van der Waals surface area contributed by atoms with Gasteiger partial charge >= 0.3 is 6.03 Å². The van der Waals surface area contributed by atoms with E-state index in [1.807, 2.05) is 18.7 Å². The van der Waals surface area contributed by atoms with Crippen molar-refractivity contribution in [1.29, 1.82) is 0 Å². The van der Waals surface area contributed by atoms with Crippen LogP contribution < -0.4 is 10.6 Å². The molecule has 0 spiro atoms. The van der Waals surface area contributed by atoms with E-state index in [9.17, 15) is 18.8 Å². The number of carbonyl (C=O) groups excluding carboxylic acids is 3. The van der Waals surface area contributed by atoms with Crippen molar-refractivity contribution >= 4 is 29.4 Å². The van der Waals surface area contributed by atoms with E-state index in [0.29, 0.717) is 38.6 Å². The molecule has 27 heavy (non-hydrogen) atoms. The van der Waals surface area contributed by atoms with Gasteiger partial charge in [0.1, 0.15) is 5.82 Å². The number of carbonyl (C=O) groups is 3. The minimum atomic E-state index is -0.506. The Morgan fingerprint density at radius 1 is 1.19 bits per heavy atom. The van der Waals surface area contributed by atoms with E-state index < -0.39 is 17.8 Å². The lowest BCUT2D eigenvalue weighted by Gasteiger charge is -2.34. The molecule has 4 amide bonds. The Hall–Kier alpha value is -2.19. The molecule has 1 saturated heterocycles. The molecule has 1 heterocycles. The Kier molecular flexibility index (Phi) is 7.55. The van der Waals surface area contributed by atoms with Gasteiger partial charge in [-0.3, -0.25) is 19.8 Å². The van der Waals surface area contributed by atoms with Crippen molar-refractivity contribution in [3.8, 4) is 0 Å². The first-order chi connectivity index (χ1) is 12.8. The number of piperazine rings is 1. The summed E-state index contributed by atoms with van der Waals surface area (Å²) in [6.45, 7) is 6.31. The second-order valence-corrected chi connectivity index (χ2v) is 7.25. The van der Waals surface area contributed by atoms with Crippen molar-refractivity contribution < 1.29 is 18.8 Å². The molecule has 0 unspecified atom stereocenters. The SMILES string of the molecule is CC(C)CNC(=O)NC(=O)CN1CCN(C(=O)c2ccc(F)cc2Cl)CC1. The largest absolute Gasteiger partial charge is 0.338 e. The summed E-state index contributed by atoms with van der Waals surface area (Å²) in [5, 5.41) is 4.99. The number of hydrogen-bond acceptors (Lipinski definition) is 4. The molecule has 1 aliphatic rings. The third-order valence-electron chi connectivity index (χ3n) is 4.11. The van der Waals surface area contributed by atoms with Gasteiger partial charge in [-0.15, -0.1) is 0 Å². The zero-order valence-corrected chi connectivity index (χ0v) is 16.2. The summed E-state index contributed by atoms with van der Waals surface area (Å²) in [5.41, 5.74) is 0.256. The molecule has 1 aliphatic heterocycles. The van der Waals surface area contributed by atoms with Gasteiger partial charge in [-0.25, -0.2) is 9.18 Å². The highest BCUT2D eigenvalue weighted by atomic mass is 35.5. The van der Waals surface area contributed by atoms with Gasteiger partial charge in [0.05, 0.1) is 17.1 Å². The van der Waals surface area contributed by atoms with Crippen LogP contribution in [0.3, 0.4) is 0 Å². The van der Waals surface area contributed by atoms with Gasteiger partial charge in [-0.05, 0) is 24.1 Å². The highest BCUT2D eigenvalue weighted by Gasteiger charge is 2.25. The van der Waals surface area contributed by atoms with Gasteiger partial charge in [0.15, 0.2) is 0 Å². The first-order valence-corrected chi connectivity index (χ1v) is 9.18. The number of halogens is 2. The van der Waals surface area contributed by atoms with Crippen molar-refractivity contribution in [3.63, 3.8) is 0 Å². The lowest BCUT2D eigenvalue weighted by Crippen LogP contribution is -2.52. The van der Waals surface area contributed by atoms with Crippen molar-refractivity contribution in [2.24, 2.45) is 5.92 Å². The smallest absolute Gasteiger partial charge is 0.321 e. The van der Waals surface area contributed by atoms with Crippen molar-refractivity contribution in [1.82, 2.24) is 20.4 Å². The lowest BCUT2D eigenvalue weighted by atomic mass is 10.1. The summed E-state index contributed by atoms with van der Waals surface area (Å²) in [5.74, 6) is -0.856. The minimum absolute atomic E-state index is 0.0778. The van der Waals surface area contributed by atoms with Crippen LogP contribution in [0.5, 0.6) is 0 Å². The highest BCUT2D eigenvalue weighted by Crippen LogP contribution is 2.19. The molecule has 1 aromatic rings. The van der Waals surface area contributed by atoms with E-state index in [1.165, 1.54) is 12.1 Å². The van der Waals surface area contributed by atoms with Crippen LogP contribution in [0.4, 0.5) is 9.18 Å². The summed E-state index contributed by atoms with van der Waals surface area (Å²) < 4.78 is 13.1. The van der Waals surface area contributed by atoms with Crippen LogP contribution in [0.1, 0.15) is 24.2 Å². The Morgan fingerprint density at radius 3 is 2.44 bits per heavy atom. The highest BCUT2D eigenvalue weighted by molar-refractivity contribution is 6.33. The van der Waals surface area contributed by atoms with Crippen molar-refractivity contribution in [3.05, 3.63) is 34.6 Å². The molecule has 0 radical (unpaired) electrons. The van der Waals surface area contributed by atoms with E-state index in [1.54, 1.807) is 4.90 Å². The molecule has 0 aromatic heterocycles. The van der Waals surface area contributed by atoms with E-state index in [-0.39, 0.29) is 23.0 Å². The molecule has 9 heteroatoms. The maximum absolute atomic E-state index is 13.1. The van der Waals surface area contributed by atoms with Crippen LogP contribution in [0.2, 0.25) is 5.02 Å². The molecule has 1 aromatic carbocycles. The molecular weight excluding hydrogens is 375 g/mol. The molecule has 2 rings (SSSR count). The molecule has 2 N–H and O–H groups in total. The fourth-order valence-electron chi connectivity index (χ4n) is 2.65. The van der Waals surface area contributed by atoms with Gasteiger partial charge in [-0.1, -0.05) is 25.4 Å². The molecule has 0 atom stereocenters. The lowest BCUT2D eigenvalue weighted by molar-refractivity contribution is -0.121. The Bertz CT molecular complexity index is 706. The third kappa shape index (κ3) is 6.48. The summed E-state index contributed by atoms with van der Waals surface area (Å²) in [6.07, 6.45) is 0. The van der Waals surface area contributed by atoms with Gasteiger partial charge in [0.25, 0.3) is 5.91 Å². The Labute approximate surface area is 162 Å². The molecule has 0 saturated carbocycles. The van der Waals surface area contributed by atoms with Crippen LogP contribution in [0, 0.1) is 11.7 Å². The van der Waals surface area contributed by atoms with E-state index in [4.69, 9.17) is 11.6 Å². The standard InChI is InChI=1S/C18H24ClFN4O3/c1-12(2)10-21-18(27)22-16(25)11-23-5-7-24(8-6-23)17(26)14-4-3-13(20)9-15(14)19/h3-4,9,12H,5-8,10-11H2,1-2H3,(H2,21,22,25,27). The molecule has 7 nitrogen and oxygen atoms in total. The monoisotopic (exact) mass is 398 g/mol. The molecule has 148 valence electrons. The Morgan fingerprint density at radius 2 is 1.85 bits per heavy atom. The maximum atomic E-state index is 13.1. The van der Waals surface area contributed by atoms with Crippen molar-refractivity contribution in [2.45, 2.75) is 13.8 Å². The molecular formula is C18H24ClFN4O3. The van der Waals surface area contributed by atoms with E-state index >= 15 is 0 Å². The predicted molar refractivity (Wildman–Crippen MR) is 100 cm³/mol. The number of benzene rings is 1. The van der Waals surface area contributed by atoms with Crippen LogP contribution in [-0.4, -0.2) is 66.9 Å². The second-order valence-electron chi connectivity index (χ2n) is 6.84. The maximum Gasteiger partial charge on any atom is 0.321 e. The number of urea groups is 1. The number of hydrogen-bond donors (Lipinski definition) is 2. The number of nitrogens with zero attached hydrogens (tertiary/aromatic N) is 2. The molecule has 1 fully saturated rings. The quantitative estimate of drug-likeness (QED) is 0.791. The summed E-state index contributed by atoms with van der Waals surface area (Å²) in [7, 11) is 0. The van der Waals surface area contributed by atoms with Crippen LogP contribution in [0.25, 0.3) is 0 Å². The zero-order valence-electron chi connectivity index (χ0n) is 15.4. The van der Waals surface area contributed by atoms with Gasteiger partial charge in [0.2, 0.25) is 5.91 Å². The first kappa shape index (κ1) is 21.1. The number of rotatable bonds is 5. The van der Waals surface area contributed by atoms with Gasteiger partial charge in [-0.2, -0.15) is 0 Å². The number of imide groups is 1. The van der Waals surface area contributed by atoms with E-state index in [0.717, 1.165) is 6.07 Å². The summed E-state index contributed by atoms with van der Waals surface area (Å²) in [4.78, 5) is 39.5. The second kappa shape index (κ2) is 9.66. The molecule has 0 aliphatic carbocycles. The minimum Gasteiger partial charge on any atom is -0.338 e. The number of nitrogens with one attached hydrogen (secondary N) is 2. The van der Waals surface area contributed by atoms with Gasteiger partial charge < -0.3 is 10.2 Å². The summed E-state index contributed by atoms with van der Waals surface area (Å²) >= 11 is 5.95. The average molecular weight is 399 g/mol. The third-order valence-corrected chi connectivity index (χ3v) is 4.42. The topological polar surface area (TPSA) is 81.8 Å². The summed E-state index contributed by atoms with van der Waals surface area (Å²) in [6, 6.07) is 3.17. The number of amides is 4. The first-order valence-electron chi connectivity index (χ1n) is 8.80. The van der Waals surface area contributed by atoms with E-state index in [2.05, 4.69) is 10.6 Å². The van der Waals surface area contributed by atoms with Crippen LogP contribution in [0.15, 0.2) is 18.2 Å². The Balaban J connectivity index is 1.78. The van der Waals surface area contributed by atoms with Gasteiger partial charge in [0, 0.05) is 32.7 Å². The molecule has 0 bridgehead atoms. The fourth-order valence-corrected chi connectivity index (χ4v) is 2.90. The normalized spacial score (nSPS) is 14.9. The van der Waals surface area contributed by atoms with Crippen molar-refractivity contribution in [2.75, 3.05) is 39.3 Å². The van der Waals surface area contributed by atoms with Crippen LogP contribution >= 0.6 is 11.6 Å². The van der Waals surface area contributed by atoms with Crippen LogP contribution in [-0.2, 0) is 4.79 Å². The predicted octanol–water partition coefficient (Wildman–Crippen LogP) is 1.72. The average Bonchev–Trinajstić information content (AvgIpc) is 2.60. The fraction of sp³-hybridized carbons (Fsp3) is 0.500. The zero-order chi connectivity index (χ0) is 20.0.